The summed E-state index contributed by atoms with van der Waals surface area (Å²) >= 11 is 0. The summed E-state index contributed by atoms with van der Waals surface area (Å²) in [4.78, 5) is 9.49. The van der Waals surface area contributed by atoms with Gasteiger partial charge in [0.05, 0.1) is 0 Å². The molecule has 4 rings (SSSR count). The highest BCUT2D eigenvalue weighted by Gasteiger charge is 2.16. The molecule has 26 heavy (non-hydrogen) atoms. The maximum Gasteiger partial charge on any atom is 0.163 e. The van der Waals surface area contributed by atoms with Gasteiger partial charge in [-0.3, -0.25) is 0 Å². The Kier molecular flexibility index (Phi) is 5.10. The number of aromatic nitrogens is 2. The van der Waals surface area contributed by atoms with Crippen LogP contribution in [0.4, 0.5) is 11.6 Å². The van der Waals surface area contributed by atoms with Gasteiger partial charge in [0.1, 0.15) is 11.6 Å². The van der Waals surface area contributed by atoms with Gasteiger partial charge in [0, 0.05) is 24.2 Å². The predicted octanol–water partition coefficient (Wildman–Crippen LogP) is 5.11. The Morgan fingerprint density at radius 2 is 1.46 bits per heavy atom. The topological polar surface area (TPSA) is 49.8 Å². The largest absolute Gasteiger partial charge is 0.367 e. The van der Waals surface area contributed by atoms with Crippen LogP contribution in [0.3, 0.4) is 0 Å². The molecular formula is C22H24N4. The maximum absolute atomic E-state index is 4.76. The van der Waals surface area contributed by atoms with E-state index in [9.17, 15) is 0 Å². The Balaban J connectivity index is 1.58. The van der Waals surface area contributed by atoms with E-state index < -0.39 is 0 Å². The molecule has 0 amide bonds. The molecule has 2 aromatic carbocycles. The average Bonchev–Trinajstić information content (AvgIpc) is 3.21. The highest BCUT2D eigenvalue weighted by Crippen LogP contribution is 2.25. The lowest BCUT2D eigenvalue weighted by Crippen LogP contribution is -2.16. The molecule has 4 heteroatoms. The molecule has 0 saturated heterocycles. The van der Waals surface area contributed by atoms with Crippen molar-refractivity contribution in [3.8, 4) is 11.4 Å². The van der Waals surface area contributed by atoms with E-state index in [2.05, 4.69) is 47.0 Å². The molecule has 132 valence electrons. The molecule has 0 atom stereocenters. The first kappa shape index (κ1) is 16.6. The minimum atomic E-state index is 0.524. The molecule has 0 bridgehead atoms. The quantitative estimate of drug-likeness (QED) is 0.652. The zero-order valence-corrected chi connectivity index (χ0v) is 14.9. The number of benzene rings is 2. The van der Waals surface area contributed by atoms with Crippen LogP contribution < -0.4 is 10.6 Å². The molecule has 1 aromatic heterocycles. The maximum atomic E-state index is 4.76. The Bertz CT molecular complexity index is 827. The van der Waals surface area contributed by atoms with E-state index in [4.69, 9.17) is 9.97 Å². The summed E-state index contributed by atoms with van der Waals surface area (Å²) < 4.78 is 0. The fourth-order valence-corrected chi connectivity index (χ4v) is 3.40. The lowest BCUT2D eigenvalue weighted by atomic mass is 10.2. The monoisotopic (exact) mass is 344 g/mol. The van der Waals surface area contributed by atoms with E-state index in [0.717, 1.165) is 29.6 Å². The Morgan fingerprint density at radius 3 is 2.19 bits per heavy atom. The van der Waals surface area contributed by atoms with Crippen molar-refractivity contribution in [1.29, 1.82) is 0 Å². The van der Waals surface area contributed by atoms with Crippen molar-refractivity contribution in [3.05, 3.63) is 72.3 Å². The number of nitrogens with one attached hydrogen (secondary N) is 2. The second-order valence-electron chi connectivity index (χ2n) is 6.79. The van der Waals surface area contributed by atoms with Gasteiger partial charge in [0.25, 0.3) is 0 Å². The number of hydrogen-bond acceptors (Lipinski definition) is 4. The van der Waals surface area contributed by atoms with Crippen molar-refractivity contribution in [2.24, 2.45) is 0 Å². The first-order valence-electron chi connectivity index (χ1n) is 9.36. The van der Waals surface area contributed by atoms with E-state index >= 15 is 0 Å². The van der Waals surface area contributed by atoms with E-state index in [0.29, 0.717) is 6.04 Å². The summed E-state index contributed by atoms with van der Waals surface area (Å²) in [6.45, 7) is 0.745. The second kappa shape index (κ2) is 8.00. The van der Waals surface area contributed by atoms with Crippen LogP contribution in [0.1, 0.15) is 31.2 Å². The third-order valence-corrected chi connectivity index (χ3v) is 4.78. The van der Waals surface area contributed by atoms with Gasteiger partial charge in [-0.25, -0.2) is 9.97 Å². The van der Waals surface area contributed by atoms with Crippen LogP contribution in [0, 0.1) is 0 Å². The van der Waals surface area contributed by atoms with E-state index in [1.807, 2.05) is 30.3 Å². The van der Waals surface area contributed by atoms with Gasteiger partial charge >= 0.3 is 0 Å². The SMILES string of the molecule is c1ccc(CNc2cc(NC3CCCC3)nc(-c3ccccc3)n2)cc1. The zero-order valence-electron chi connectivity index (χ0n) is 14.9. The van der Waals surface area contributed by atoms with Crippen LogP contribution in [0.2, 0.25) is 0 Å². The van der Waals surface area contributed by atoms with Crippen LogP contribution in [0.15, 0.2) is 66.7 Å². The molecule has 0 spiro atoms. The second-order valence-corrected chi connectivity index (χ2v) is 6.79. The van der Waals surface area contributed by atoms with Crippen LogP contribution >= 0.6 is 0 Å². The summed E-state index contributed by atoms with van der Waals surface area (Å²) in [5, 5.41) is 7.04. The smallest absolute Gasteiger partial charge is 0.163 e. The molecule has 1 aliphatic rings. The molecule has 1 heterocycles. The summed E-state index contributed by atoms with van der Waals surface area (Å²) in [6, 6.07) is 23.1. The normalized spacial score (nSPS) is 14.3. The van der Waals surface area contributed by atoms with Crippen molar-refractivity contribution in [2.45, 2.75) is 38.3 Å². The van der Waals surface area contributed by atoms with Gasteiger partial charge in [0.15, 0.2) is 5.82 Å². The van der Waals surface area contributed by atoms with Gasteiger partial charge in [-0.15, -0.1) is 0 Å². The fourth-order valence-electron chi connectivity index (χ4n) is 3.40. The number of hydrogen-bond donors (Lipinski definition) is 2. The molecule has 4 nitrogen and oxygen atoms in total. The van der Waals surface area contributed by atoms with Crippen LogP contribution in [-0.4, -0.2) is 16.0 Å². The van der Waals surface area contributed by atoms with Gasteiger partial charge in [-0.1, -0.05) is 73.5 Å². The van der Waals surface area contributed by atoms with Gasteiger partial charge in [-0.05, 0) is 18.4 Å². The van der Waals surface area contributed by atoms with Crippen molar-refractivity contribution in [2.75, 3.05) is 10.6 Å². The van der Waals surface area contributed by atoms with Gasteiger partial charge < -0.3 is 10.6 Å². The molecule has 3 aromatic rings. The molecule has 1 fully saturated rings. The van der Waals surface area contributed by atoms with E-state index in [1.54, 1.807) is 0 Å². The van der Waals surface area contributed by atoms with Crippen molar-refractivity contribution >= 4 is 11.6 Å². The molecule has 0 unspecified atom stereocenters. The van der Waals surface area contributed by atoms with Crippen molar-refractivity contribution < 1.29 is 0 Å². The Morgan fingerprint density at radius 1 is 0.808 bits per heavy atom. The minimum Gasteiger partial charge on any atom is -0.367 e. The third kappa shape index (κ3) is 4.20. The Hall–Kier alpha value is -2.88. The summed E-state index contributed by atoms with van der Waals surface area (Å²) in [5.41, 5.74) is 2.27. The number of nitrogens with zero attached hydrogens (tertiary/aromatic N) is 2. The lowest BCUT2D eigenvalue weighted by Gasteiger charge is -2.15. The molecular weight excluding hydrogens is 320 g/mol. The Labute approximate surface area is 154 Å². The van der Waals surface area contributed by atoms with Crippen molar-refractivity contribution in [1.82, 2.24) is 9.97 Å². The fraction of sp³-hybridized carbons (Fsp3) is 0.273. The van der Waals surface area contributed by atoms with Crippen LogP contribution in [0.25, 0.3) is 11.4 Å². The zero-order chi connectivity index (χ0) is 17.6. The highest BCUT2D eigenvalue weighted by molar-refractivity contribution is 5.61. The molecule has 0 aliphatic heterocycles. The third-order valence-electron chi connectivity index (χ3n) is 4.78. The first-order chi connectivity index (χ1) is 12.9. The summed E-state index contributed by atoms with van der Waals surface area (Å²) in [6.07, 6.45) is 5.04. The van der Waals surface area contributed by atoms with E-state index in [-0.39, 0.29) is 0 Å². The van der Waals surface area contributed by atoms with Gasteiger partial charge in [-0.2, -0.15) is 0 Å². The van der Waals surface area contributed by atoms with Crippen LogP contribution in [0.5, 0.6) is 0 Å². The molecule has 1 saturated carbocycles. The average molecular weight is 344 g/mol. The van der Waals surface area contributed by atoms with Gasteiger partial charge in [0.2, 0.25) is 0 Å². The van der Waals surface area contributed by atoms with Crippen molar-refractivity contribution in [3.63, 3.8) is 0 Å². The van der Waals surface area contributed by atoms with E-state index in [1.165, 1.54) is 31.2 Å². The lowest BCUT2D eigenvalue weighted by molar-refractivity contribution is 0.750. The number of anilines is 2. The summed E-state index contributed by atoms with van der Waals surface area (Å²) in [5.74, 6) is 2.51. The summed E-state index contributed by atoms with van der Waals surface area (Å²) in [7, 11) is 0. The standard InChI is InChI=1S/C22H24N4/c1-3-9-17(10-4-1)16-23-20-15-21(24-19-13-7-8-14-19)26-22(25-20)18-11-5-2-6-12-18/h1-6,9-12,15,19H,7-8,13-14,16H2,(H2,23,24,25,26). The molecule has 2 N–H and O–H groups in total. The number of rotatable bonds is 6. The predicted molar refractivity (Wildman–Crippen MR) is 107 cm³/mol. The molecule has 0 radical (unpaired) electrons. The first-order valence-corrected chi connectivity index (χ1v) is 9.36. The van der Waals surface area contributed by atoms with Crippen LogP contribution in [-0.2, 0) is 6.54 Å². The minimum absolute atomic E-state index is 0.524. The highest BCUT2D eigenvalue weighted by atomic mass is 15.1. The molecule has 1 aliphatic carbocycles.